The van der Waals surface area contributed by atoms with Crippen LogP contribution >= 0.6 is 0 Å². The van der Waals surface area contributed by atoms with Gasteiger partial charge in [-0.2, -0.15) is 0 Å². The summed E-state index contributed by atoms with van der Waals surface area (Å²) in [4.78, 5) is 27.8. The summed E-state index contributed by atoms with van der Waals surface area (Å²) in [6, 6.07) is 15.1. The van der Waals surface area contributed by atoms with Gasteiger partial charge in [0.25, 0.3) is 0 Å². The third kappa shape index (κ3) is 5.88. The number of carbonyl (C=O) groups excluding carboxylic acids is 2. The molecule has 0 aromatic heterocycles. The number of urea groups is 1. The van der Waals surface area contributed by atoms with Crippen LogP contribution in [-0.4, -0.2) is 49.1 Å². The lowest BCUT2D eigenvalue weighted by atomic mass is 10.2. The number of rotatable bonds is 5. The summed E-state index contributed by atoms with van der Waals surface area (Å²) in [5.41, 5.74) is 2.56. The molecule has 3 amide bonds. The number of amides is 3. The SMILES string of the molecule is CC(=O)Nc1cccc(N2CCN(C(=O)Nc3ccc(OC(C)C)cc3)CC2)c1. The van der Waals surface area contributed by atoms with Crippen LogP contribution in [0.4, 0.5) is 21.9 Å². The highest BCUT2D eigenvalue weighted by molar-refractivity contribution is 5.90. The van der Waals surface area contributed by atoms with E-state index in [4.69, 9.17) is 4.74 Å². The zero-order valence-electron chi connectivity index (χ0n) is 17.1. The van der Waals surface area contributed by atoms with Gasteiger partial charge in [-0.1, -0.05) is 6.07 Å². The molecule has 1 aliphatic heterocycles. The maximum absolute atomic E-state index is 12.6. The van der Waals surface area contributed by atoms with Gasteiger partial charge in [-0.25, -0.2) is 4.79 Å². The molecule has 0 unspecified atom stereocenters. The molecule has 3 rings (SSSR count). The molecule has 0 aliphatic carbocycles. The van der Waals surface area contributed by atoms with Crippen molar-refractivity contribution in [2.45, 2.75) is 26.9 Å². The van der Waals surface area contributed by atoms with Crippen molar-refractivity contribution in [3.63, 3.8) is 0 Å². The maximum Gasteiger partial charge on any atom is 0.321 e. The summed E-state index contributed by atoms with van der Waals surface area (Å²) in [7, 11) is 0. The first-order valence-electron chi connectivity index (χ1n) is 9.86. The lowest BCUT2D eigenvalue weighted by Crippen LogP contribution is -2.50. The monoisotopic (exact) mass is 396 g/mol. The Morgan fingerprint density at radius 2 is 1.62 bits per heavy atom. The van der Waals surface area contributed by atoms with Crippen LogP contribution in [0.3, 0.4) is 0 Å². The molecule has 154 valence electrons. The lowest BCUT2D eigenvalue weighted by Gasteiger charge is -2.36. The van der Waals surface area contributed by atoms with Crippen LogP contribution in [0.15, 0.2) is 48.5 Å². The van der Waals surface area contributed by atoms with Crippen molar-refractivity contribution in [2.24, 2.45) is 0 Å². The summed E-state index contributed by atoms with van der Waals surface area (Å²) in [5.74, 6) is 0.695. The van der Waals surface area contributed by atoms with Gasteiger partial charge in [-0.3, -0.25) is 4.79 Å². The molecule has 7 nitrogen and oxygen atoms in total. The number of nitrogens with zero attached hydrogens (tertiary/aromatic N) is 2. The minimum Gasteiger partial charge on any atom is -0.491 e. The van der Waals surface area contributed by atoms with Crippen molar-refractivity contribution >= 4 is 29.0 Å². The van der Waals surface area contributed by atoms with E-state index in [0.717, 1.165) is 35.9 Å². The Labute approximate surface area is 171 Å². The molecule has 2 aromatic carbocycles. The molecule has 0 saturated carbocycles. The van der Waals surface area contributed by atoms with Crippen LogP contribution in [0.5, 0.6) is 5.75 Å². The fraction of sp³-hybridized carbons (Fsp3) is 0.364. The van der Waals surface area contributed by atoms with Gasteiger partial charge in [0.15, 0.2) is 0 Å². The normalized spacial score (nSPS) is 13.9. The van der Waals surface area contributed by atoms with Crippen LogP contribution in [0.1, 0.15) is 20.8 Å². The standard InChI is InChI=1S/C22H28N4O3/c1-16(2)29-21-9-7-18(8-10-21)24-22(28)26-13-11-25(12-14-26)20-6-4-5-19(15-20)23-17(3)27/h4-10,15-16H,11-14H2,1-3H3,(H,23,27)(H,24,28). The lowest BCUT2D eigenvalue weighted by molar-refractivity contribution is -0.114. The van der Waals surface area contributed by atoms with E-state index in [0.29, 0.717) is 13.1 Å². The number of benzene rings is 2. The number of carbonyl (C=O) groups is 2. The Morgan fingerprint density at radius 1 is 0.931 bits per heavy atom. The van der Waals surface area contributed by atoms with E-state index in [1.807, 2.05) is 67.3 Å². The number of hydrogen-bond acceptors (Lipinski definition) is 4. The highest BCUT2D eigenvalue weighted by Gasteiger charge is 2.21. The Bertz CT molecular complexity index is 843. The molecular weight excluding hydrogens is 368 g/mol. The van der Waals surface area contributed by atoms with Crippen LogP contribution < -0.4 is 20.3 Å². The minimum atomic E-state index is -0.103. The van der Waals surface area contributed by atoms with E-state index in [-0.39, 0.29) is 18.0 Å². The Balaban J connectivity index is 1.52. The van der Waals surface area contributed by atoms with Crippen LogP contribution in [0, 0.1) is 0 Å². The van der Waals surface area contributed by atoms with E-state index >= 15 is 0 Å². The van der Waals surface area contributed by atoms with Crippen LogP contribution in [-0.2, 0) is 4.79 Å². The molecule has 7 heteroatoms. The summed E-state index contributed by atoms with van der Waals surface area (Å²) in [6.45, 7) is 8.18. The second kappa shape index (κ2) is 9.32. The molecule has 0 radical (unpaired) electrons. The fourth-order valence-electron chi connectivity index (χ4n) is 3.24. The molecule has 0 spiro atoms. The van der Waals surface area contributed by atoms with Crippen molar-refractivity contribution in [1.82, 2.24) is 4.90 Å². The van der Waals surface area contributed by atoms with Crippen molar-refractivity contribution in [3.8, 4) is 5.75 Å². The van der Waals surface area contributed by atoms with Crippen molar-refractivity contribution in [3.05, 3.63) is 48.5 Å². The molecule has 2 N–H and O–H groups in total. The summed E-state index contributed by atoms with van der Waals surface area (Å²) in [5, 5.41) is 5.75. The van der Waals surface area contributed by atoms with Crippen LogP contribution in [0.25, 0.3) is 0 Å². The molecule has 0 atom stereocenters. The average molecular weight is 396 g/mol. The van der Waals surface area contributed by atoms with Gasteiger partial charge in [0.05, 0.1) is 6.10 Å². The zero-order chi connectivity index (χ0) is 20.8. The van der Waals surface area contributed by atoms with Gasteiger partial charge >= 0.3 is 6.03 Å². The Morgan fingerprint density at radius 3 is 2.24 bits per heavy atom. The second-order valence-corrected chi connectivity index (χ2v) is 7.33. The third-order valence-corrected chi connectivity index (χ3v) is 4.58. The van der Waals surface area contributed by atoms with Gasteiger partial charge in [-0.05, 0) is 56.3 Å². The van der Waals surface area contributed by atoms with E-state index in [2.05, 4.69) is 15.5 Å². The zero-order valence-corrected chi connectivity index (χ0v) is 17.1. The molecule has 29 heavy (non-hydrogen) atoms. The van der Waals surface area contributed by atoms with Gasteiger partial charge in [-0.15, -0.1) is 0 Å². The largest absolute Gasteiger partial charge is 0.491 e. The number of piperazine rings is 1. The summed E-state index contributed by atoms with van der Waals surface area (Å²) < 4.78 is 5.62. The first kappa shape index (κ1) is 20.5. The van der Waals surface area contributed by atoms with Crippen molar-refractivity contribution in [1.29, 1.82) is 0 Å². The molecule has 0 bridgehead atoms. The predicted molar refractivity (Wildman–Crippen MR) is 116 cm³/mol. The van der Waals surface area contributed by atoms with Gasteiger partial charge in [0.2, 0.25) is 5.91 Å². The van der Waals surface area contributed by atoms with E-state index in [1.165, 1.54) is 6.92 Å². The van der Waals surface area contributed by atoms with E-state index in [1.54, 1.807) is 0 Å². The highest BCUT2D eigenvalue weighted by atomic mass is 16.5. The van der Waals surface area contributed by atoms with Gasteiger partial charge in [0, 0.05) is 50.2 Å². The average Bonchev–Trinajstić information content (AvgIpc) is 2.69. The predicted octanol–water partition coefficient (Wildman–Crippen LogP) is 3.79. The number of ether oxygens (including phenoxy) is 1. The van der Waals surface area contributed by atoms with Crippen molar-refractivity contribution < 1.29 is 14.3 Å². The first-order valence-corrected chi connectivity index (χ1v) is 9.86. The Hall–Kier alpha value is -3.22. The molecule has 1 aliphatic rings. The number of anilines is 3. The number of hydrogen-bond donors (Lipinski definition) is 2. The topological polar surface area (TPSA) is 73.9 Å². The quantitative estimate of drug-likeness (QED) is 0.807. The molecule has 2 aromatic rings. The smallest absolute Gasteiger partial charge is 0.321 e. The summed E-state index contributed by atoms with van der Waals surface area (Å²) in [6.07, 6.45) is 0.116. The second-order valence-electron chi connectivity index (χ2n) is 7.33. The minimum absolute atomic E-state index is 0.0903. The van der Waals surface area contributed by atoms with E-state index in [9.17, 15) is 9.59 Å². The third-order valence-electron chi connectivity index (χ3n) is 4.58. The Kier molecular flexibility index (Phi) is 6.59. The van der Waals surface area contributed by atoms with Crippen LogP contribution in [0.2, 0.25) is 0 Å². The summed E-state index contributed by atoms with van der Waals surface area (Å²) >= 11 is 0. The van der Waals surface area contributed by atoms with Gasteiger partial charge < -0.3 is 25.2 Å². The van der Waals surface area contributed by atoms with Gasteiger partial charge in [0.1, 0.15) is 5.75 Å². The molecular formula is C22H28N4O3. The molecule has 1 saturated heterocycles. The maximum atomic E-state index is 12.6. The number of nitrogens with one attached hydrogen (secondary N) is 2. The van der Waals surface area contributed by atoms with Crippen molar-refractivity contribution in [2.75, 3.05) is 41.7 Å². The van der Waals surface area contributed by atoms with E-state index < -0.39 is 0 Å². The molecule has 1 fully saturated rings. The fourth-order valence-corrected chi connectivity index (χ4v) is 3.24. The highest BCUT2D eigenvalue weighted by Crippen LogP contribution is 2.22. The first-order chi connectivity index (χ1) is 13.9. The molecule has 1 heterocycles.